The van der Waals surface area contributed by atoms with Crippen LogP contribution in [0.1, 0.15) is 64.5 Å². The summed E-state index contributed by atoms with van der Waals surface area (Å²) in [6.45, 7) is 13.2. The summed E-state index contributed by atoms with van der Waals surface area (Å²) in [6, 6.07) is 5.13. The van der Waals surface area contributed by atoms with Gasteiger partial charge >= 0.3 is 0 Å². The summed E-state index contributed by atoms with van der Waals surface area (Å²) in [5.74, 6) is 0.348. The number of aryl methyl sites for hydroxylation is 1. The Bertz CT molecular complexity index is 659. The molecule has 1 aromatic carbocycles. The number of aliphatic imine (C=N–C) groups is 1. The van der Waals surface area contributed by atoms with Crippen molar-refractivity contribution in [3.8, 4) is 0 Å². The average Bonchev–Trinajstić information content (AvgIpc) is 2.65. The Labute approximate surface area is 170 Å². The van der Waals surface area contributed by atoms with Gasteiger partial charge in [-0.3, -0.25) is 9.79 Å². The van der Waals surface area contributed by atoms with Crippen LogP contribution in [0, 0.1) is 18.7 Å². The molecule has 1 unspecified atom stereocenters. The fraction of sp³-hybridized carbons (Fsp3) is 0.500. The summed E-state index contributed by atoms with van der Waals surface area (Å²) in [7, 11) is 0. The SMILES string of the molecule is C=C(C=N/C=C\C)C(C)=O.CCCC(CCC)C(N)Cc1cc(F)ccc1C. The molecule has 0 aliphatic heterocycles. The normalized spacial score (nSPS) is 12.3. The van der Waals surface area contributed by atoms with Crippen molar-refractivity contribution in [3.05, 3.63) is 59.6 Å². The molecule has 0 aliphatic rings. The molecule has 0 radical (unpaired) electrons. The molecular weight excluding hydrogens is 351 g/mol. The van der Waals surface area contributed by atoms with E-state index in [1.807, 2.05) is 19.9 Å². The molecule has 0 saturated carbocycles. The van der Waals surface area contributed by atoms with Gasteiger partial charge in [-0.2, -0.15) is 0 Å². The number of nitrogens with zero attached hydrogens (tertiary/aromatic N) is 1. The lowest BCUT2D eigenvalue weighted by Gasteiger charge is -2.24. The van der Waals surface area contributed by atoms with E-state index in [0.29, 0.717) is 11.5 Å². The minimum absolute atomic E-state index is 0.0479. The number of nitrogens with two attached hydrogens (primary N) is 1. The highest BCUT2D eigenvalue weighted by molar-refractivity contribution is 6.11. The van der Waals surface area contributed by atoms with Gasteiger partial charge in [-0.15, -0.1) is 0 Å². The molecule has 0 amide bonds. The number of allylic oxidation sites excluding steroid dienone is 2. The molecule has 3 nitrogen and oxygen atoms in total. The molecule has 1 aromatic rings. The third-order valence-electron chi connectivity index (χ3n) is 4.61. The van der Waals surface area contributed by atoms with Gasteiger partial charge in [-0.25, -0.2) is 4.39 Å². The minimum atomic E-state index is -0.162. The van der Waals surface area contributed by atoms with Crippen LogP contribution in [0.3, 0.4) is 0 Å². The smallest absolute Gasteiger partial charge is 0.160 e. The van der Waals surface area contributed by atoms with Crippen LogP contribution in [-0.4, -0.2) is 18.0 Å². The van der Waals surface area contributed by atoms with E-state index in [4.69, 9.17) is 5.73 Å². The largest absolute Gasteiger partial charge is 0.327 e. The number of hydrogen-bond donors (Lipinski definition) is 1. The van der Waals surface area contributed by atoms with Crippen LogP contribution < -0.4 is 5.73 Å². The van der Waals surface area contributed by atoms with Gasteiger partial charge in [-0.05, 0) is 69.2 Å². The fourth-order valence-electron chi connectivity index (χ4n) is 2.90. The Morgan fingerprint density at radius 1 is 1.29 bits per heavy atom. The lowest BCUT2D eigenvalue weighted by Crippen LogP contribution is -2.32. The van der Waals surface area contributed by atoms with Crippen LogP contribution >= 0.6 is 0 Å². The number of carbonyl (C=O) groups excluding carboxylic acids is 1. The van der Waals surface area contributed by atoms with E-state index in [1.165, 1.54) is 44.9 Å². The first-order valence-electron chi connectivity index (χ1n) is 10.1. The first-order valence-corrected chi connectivity index (χ1v) is 10.1. The highest BCUT2D eigenvalue weighted by atomic mass is 19.1. The number of Topliss-reactive ketones (excluding diaryl/α,β-unsaturated/α-hetero) is 1. The summed E-state index contributed by atoms with van der Waals surface area (Å²) in [5.41, 5.74) is 8.94. The maximum Gasteiger partial charge on any atom is 0.160 e. The Hall–Kier alpha value is -2.07. The molecule has 2 N–H and O–H groups in total. The van der Waals surface area contributed by atoms with Crippen molar-refractivity contribution in [1.82, 2.24) is 0 Å². The Kier molecular flexibility index (Phi) is 13.8. The van der Waals surface area contributed by atoms with Gasteiger partial charge in [0, 0.05) is 24.0 Å². The van der Waals surface area contributed by atoms with Crippen molar-refractivity contribution in [2.24, 2.45) is 16.6 Å². The molecule has 0 aromatic heterocycles. The molecule has 0 saturated heterocycles. The van der Waals surface area contributed by atoms with Crippen molar-refractivity contribution in [2.75, 3.05) is 0 Å². The quantitative estimate of drug-likeness (QED) is 0.397. The van der Waals surface area contributed by atoms with Gasteiger partial charge in [0.15, 0.2) is 5.78 Å². The number of carbonyl (C=O) groups is 1. The molecule has 0 heterocycles. The Balaban J connectivity index is 0.000000621. The van der Waals surface area contributed by atoms with E-state index in [9.17, 15) is 9.18 Å². The number of hydrogen-bond acceptors (Lipinski definition) is 3. The number of benzene rings is 1. The van der Waals surface area contributed by atoms with Crippen LogP contribution in [0.5, 0.6) is 0 Å². The van der Waals surface area contributed by atoms with E-state index >= 15 is 0 Å². The highest BCUT2D eigenvalue weighted by Crippen LogP contribution is 2.21. The van der Waals surface area contributed by atoms with Gasteiger partial charge in [0.1, 0.15) is 5.82 Å². The summed E-state index contributed by atoms with van der Waals surface area (Å²) < 4.78 is 13.3. The number of halogens is 1. The zero-order valence-corrected chi connectivity index (χ0v) is 18.2. The van der Waals surface area contributed by atoms with Crippen LogP contribution in [0.15, 0.2) is 47.6 Å². The average molecular weight is 389 g/mol. The Morgan fingerprint density at radius 2 is 1.89 bits per heavy atom. The monoisotopic (exact) mass is 388 g/mol. The molecule has 28 heavy (non-hydrogen) atoms. The first-order chi connectivity index (χ1) is 13.3. The van der Waals surface area contributed by atoms with Crippen molar-refractivity contribution in [2.45, 2.75) is 72.8 Å². The molecule has 1 rings (SSSR count). The van der Waals surface area contributed by atoms with E-state index in [-0.39, 0.29) is 17.6 Å². The second kappa shape index (κ2) is 14.9. The second-order valence-electron chi connectivity index (χ2n) is 7.12. The van der Waals surface area contributed by atoms with Crippen molar-refractivity contribution in [3.63, 3.8) is 0 Å². The van der Waals surface area contributed by atoms with E-state index in [0.717, 1.165) is 17.5 Å². The van der Waals surface area contributed by atoms with Crippen LogP contribution in [0.4, 0.5) is 4.39 Å². The molecule has 0 spiro atoms. The summed E-state index contributed by atoms with van der Waals surface area (Å²) in [5, 5.41) is 0. The topological polar surface area (TPSA) is 55.5 Å². The van der Waals surface area contributed by atoms with Gasteiger partial charge in [0.05, 0.1) is 0 Å². The third-order valence-corrected chi connectivity index (χ3v) is 4.61. The molecule has 1 atom stereocenters. The van der Waals surface area contributed by atoms with E-state index in [1.54, 1.807) is 18.3 Å². The molecule has 0 bridgehead atoms. The maximum absolute atomic E-state index is 13.3. The standard InChI is InChI=1S/C16H26FN.C8H11NO/c1-4-6-13(7-5-2)16(18)11-14-10-15(17)9-8-12(14)3;1-4-5-9-6-7(2)8(3)10/h8-10,13,16H,4-7,11,18H2,1-3H3;4-6H,2H2,1,3H3/b;5-4-,9-6?. The predicted octanol–water partition coefficient (Wildman–Crippen LogP) is 5.96. The summed E-state index contributed by atoms with van der Waals surface area (Å²) in [4.78, 5) is 14.3. The van der Waals surface area contributed by atoms with Crippen LogP contribution in [0.2, 0.25) is 0 Å². The molecule has 156 valence electrons. The van der Waals surface area contributed by atoms with Crippen LogP contribution in [-0.2, 0) is 11.2 Å². The van der Waals surface area contributed by atoms with Crippen molar-refractivity contribution >= 4 is 12.0 Å². The van der Waals surface area contributed by atoms with Crippen molar-refractivity contribution in [1.29, 1.82) is 0 Å². The summed E-state index contributed by atoms with van der Waals surface area (Å²) in [6.07, 6.45) is 10.3. The molecule has 4 heteroatoms. The van der Waals surface area contributed by atoms with Crippen molar-refractivity contribution < 1.29 is 9.18 Å². The lowest BCUT2D eigenvalue weighted by molar-refractivity contribution is -0.113. The second-order valence-corrected chi connectivity index (χ2v) is 7.12. The van der Waals surface area contributed by atoms with Gasteiger partial charge in [0.2, 0.25) is 0 Å². The predicted molar refractivity (Wildman–Crippen MR) is 119 cm³/mol. The third kappa shape index (κ3) is 10.9. The van der Waals surface area contributed by atoms with Gasteiger partial charge in [-0.1, -0.05) is 45.4 Å². The Morgan fingerprint density at radius 3 is 2.39 bits per heavy atom. The first kappa shape index (κ1) is 25.9. The van der Waals surface area contributed by atoms with E-state index < -0.39 is 0 Å². The molecular formula is C24H37FN2O. The summed E-state index contributed by atoms with van der Waals surface area (Å²) >= 11 is 0. The highest BCUT2D eigenvalue weighted by Gasteiger charge is 2.17. The van der Waals surface area contributed by atoms with Gasteiger partial charge in [0.25, 0.3) is 0 Å². The number of rotatable bonds is 10. The number of ketones is 1. The fourth-order valence-corrected chi connectivity index (χ4v) is 2.90. The van der Waals surface area contributed by atoms with E-state index in [2.05, 4.69) is 25.4 Å². The molecule has 0 aliphatic carbocycles. The minimum Gasteiger partial charge on any atom is -0.327 e. The maximum atomic E-state index is 13.3. The molecule has 0 fully saturated rings. The van der Waals surface area contributed by atoms with Crippen LogP contribution in [0.25, 0.3) is 0 Å². The van der Waals surface area contributed by atoms with Gasteiger partial charge < -0.3 is 5.73 Å². The zero-order valence-electron chi connectivity index (χ0n) is 18.2. The zero-order chi connectivity index (χ0) is 21.5. The lowest BCUT2D eigenvalue weighted by atomic mass is 9.86.